The van der Waals surface area contributed by atoms with Gasteiger partial charge in [0.25, 0.3) is 0 Å². The Morgan fingerprint density at radius 2 is 1.37 bits per heavy atom. The first-order valence-electron chi connectivity index (χ1n) is 8.12. The second-order valence-electron chi connectivity index (χ2n) is 6.24. The summed E-state index contributed by atoms with van der Waals surface area (Å²) in [7, 11) is 0. The first kappa shape index (κ1) is 24.7. The van der Waals surface area contributed by atoms with E-state index in [2.05, 4.69) is 28.6 Å². The molecule has 12 heteroatoms. The summed E-state index contributed by atoms with van der Waals surface area (Å²) in [4.78, 5) is 58.2. The molecular weight excluding hydrogens is 380 g/mol. The SMILES string of the molecule is CC(NC(=O)C(CS)NC(=O)C(CC(=O)O)NC(=O)C(N)C(C)C)C(=O)O. The average molecular weight is 406 g/mol. The molecule has 4 atom stereocenters. The van der Waals surface area contributed by atoms with Crippen LogP contribution in [0.5, 0.6) is 0 Å². The monoisotopic (exact) mass is 406 g/mol. The maximum absolute atomic E-state index is 12.3. The Labute approximate surface area is 161 Å². The van der Waals surface area contributed by atoms with Crippen molar-refractivity contribution in [1.29, 1.82) is 0 Å². The summed E-state index contributed by atoms with van der Waals surface area (Å²) in [6, 6.07) is -4.84. The minimum atomic E-state index is -1.47. The molecule has 11 nitrogen and oxygen atoms in total. The molecule has 0 aromatic heterocycles. The number of carboxylic acid groups (broad SMARTS) is 2. The van der Waals surface area contributed by atoms with Crippen LogP contribution in [0.25, 0.3) is 0 Å². The van der Waals surface area contributed by atoms with Gasteiger partial charge in [0.1, 0.15) is 18.1 Å². The van der Waals surface area contributed by atoms with Crippen molar-refractivity contribution >= 4 is 42.3 Å². The lowest BCUT2D eigenvalue weighted by atomic mass is 10.0. The second kappa shape index (κ2) is 11.4. The highest BCUT2D eigenvalue weighted by Crippen LogP contribution is 2.02. The van der Waals surface area contributed by atoms with Crippen molar-refractivity contribution < 1.29 is 34.2 Å². The molecule has 0 aliphatic rings. The highest BCUT2D eigenvalue weighted by atomic mass is 32.1. The quantitative estimate of drug-likeness (QED) is 0.191. The third-order valence-electron chi connectivity index (χ3n) is 3.58. The number of carbonyl (C=O) groups excluding carboxylic acids is 3. The Bertz CT molecular complexity index is 585. The summed E-state index contributed by atoms with van der Waals surface area (Å²) < 4.78 is 0. The summed E-state index contributed by atoms with van der Waals surface area (Å²) in [5, 5.41) is 24.4. The molecule has 0 aliphatic carbocycles. The summed E-state index contributed by atoms with van der Waals surface area (Å²) >= 11 is 3.92. The summed E-state index contributed by atoms with van der Waals surface area (Å²) in [6.45, 7) is 4.60. The van der Waals surface area contributed by atoms with E-state index in [1.165, 1.54) is 6.92 Å². The third kappa shape index (κ3) is 8.73. The zero-order chi connectivity index (χ0) is 21.3. The molecule has 0 aromatic carbocycles. The minimum absolute atomic E-state index is 0.177. The largest absolute Gasteiger partial charge is 0.481 e. The van der Waals surface area contributed by atoms with Crippen LogP contribution < -0.4 is 21.7 Å². The Morgan fingerprint density at radius 1 is 0.889 bits per heavy atom. The lowest BCUT2D eigenvalue weighted by Gasteiger charge is -2.24. The summed E-state index contributed by atoms with van der Waals surface area (Å²) in [6.07, 6.45) is -0.727. The second-order valence-corrected chi connectivity index (χ2v) is 6.61. The number of aliphatic carboxylic acids is 2. The van der Waals surface area contributed by atoms with Crippen LogP contribution in [0.15, 0.2) is 0 Å². The van der Waals surface area contributed by atoms with Gasteiger partial charge in [-0.25, -0.2) is 0 Å². The normalized spacial score (nSPS) is 15.2. The van der Waals surface area contributed by atoms with Crippen molar-refractivity contribution in [3.05, 3.63) is 0 Å². The highest BCUT2D eigenvalue weighted by molar-refractivity contribution is 7.80. The molecule has 0 rings (SSSR count). The number of hydrogen-bond donors (Lipinski definition) is 7. The molecule has 0 aliphatic heterocycles. The van der Waals surface area contributed by atoms with Crippen LogP contribution in [0.3, 0.4) is 0 Å². The number of hydrogen-bond acceptors (Lipinski definition) is 7. The van der Waals surface area contributed by atoms with E-state index in [1.807, 2.05) is 0 Å². The topological polar surface area (TPSA) is 188 Å². The number of amides is 3. The van der Waals surface area contributed by atoms with Gasteiger partial charge in [-0.2, -0.15) is 12.6 Å². The molecule has 27 heavy (non-hydrogen) atoms. The molecule has 0 spiro atoms. The zero-order valence-corrected chi connectivity index (χ0v) is 16.2. The van der Waals surface area contributed by atoms with Gasteiger partial charge in [0.05, 0.1) is 12.5 Å². The van der Waals surface area contributed by atoms with E-state index in [-0.39, 0.29) is 11.7 Å². The molecule has 154 valence electrons. The van der Waals surface area contributed by atoms with Gasteiger partial charge in [-0.15, -0.1) is 0 Å². The Balaban J connectivity index is 5.14. The van der Waals surface area contributed by atoms with Crippen LogP contribution in [0.4, 0.5) is 0 Å². The maximum Gasteiger partial charge on any atom is 0.325 e. The van der Waals surface area contributed by atoms with Gasteiger partial charge >= 0.3 is 11.9 Å². The lowest BCUT2D eigenvalue weighted by molar-refractivity contribution is -0.142. The summed E-state index contributed by atoms with van der Waals surface area (Å²) in [5.74, 6) is -5.49. The Morgan fingerprint density at radius 3 is 1.78 bits per heavy atom. The van der Waals surface area contributed by atoms with E-state index in [9.17, 15) is 24.0 Å². The molecule has 0 saturated heterocycles. The van der Waals surface area contributed by atoms with Crippen LogP contribution in [-0.2, 0) is 24.0 Å². The van der Waals surface area contributed by atoms with E-state index in [4.69, 9.17) is 15.9 Å². The van der Waals surface area contributed by atoms with Crippen LogP contribution in [0, 0.1) is 5.92 Å². The Kier molecular flexibility index (Phi) is 10.4. The number of nitrogens with two attached hydrogens (primary N) is 1. The first-order valence-corrected chi connectivity index (χ1v) is 8.76. The van der Waals surface area contributed by atoms with Gasteiger partial charge in [0.2, 0.25) is 17.7 Å². The molecule has 7 N–H and O–H groups in total. The van der Waals surface area contributed by atoms with Gasteiger partial charge in [-0.3, -0.25) is 24.0 Å². The molecule has 0 bridgehead atoms. The molecule has 0 radical (unpaired) electrons. The van der Waals surface area contributed by atoms with Crippen LogP contribution in [0.1, 0.15) is 27.2 Å². The fraction of sp³-hybridized carbons (Fsp3) is 0.667. The smallest absolute Gasteiger partial charge is 0.325 e. The van der Waals surface area contributed by atoms with Gasteiger partial charge in [0, 0.05) is 5.75 Å². The molecule has 0 saturated carbocycles. The molecule has 3 amide bonds. The average Bonchev–Trinajstić information content (AvgIpc) is 2.56. The standard InChI is InChI=1S/C15H26N4O7S/c1-6(2)11(16)14(24)18-8(4-10(20)21)12(22)19-9(5-27)13(23)17-7(3)15(25)26/h6-9,11,27H,4-5,16H2,1-3H3,(H,17,23)(H,18,24)(H,19,22)(H,20,21)(H,25,26). The van der Waals surface area contributed by atoms with E-state index in [0.717, 1.165) is 0 Å². The number of rotatable bonds is 11. The van der Waals surface area contributed by atoms with E-state index in [1.54, 1.807) is 13.8 Å². The van der Waals surface area contributed by atoms with Crippen molar-refractivity contribution in [2.24, 2.45) is 11.7 Å². The molecule has 0 aromatic rings. The van der Waals surface area contributed by atoms with Crippen LogP contribution in [0.2, 0.25) is 0 Å². The maximum atomic E-state index is 12.3. The third-order valence-corrected chi connectivity index (χ3v) is 3.94. The molecular formula is C15H26N4O7S. The van der Waals surface area contributed by atoms with Crippen molar-refractivity contribution in [3.63, 3.8) is 0 Å². The van der Waals surface area contributed by atoms with Gasteiger partial charge in [-0.05, 0) is 12.8 Å². The van der Waals surface area contributed by atoms with Crippen molar-refractivity contribution in [2.75, 3.05) is 5.75 Å². The van der Waals surface area contributed by atoms with Gasteiger partial charge in [-0.1, -0.05) is 13.8 Å². The summed E-state index contributed by atoms with van der Waals surface area (Å²) in [5.41, 5.74) is 5.67. The van der Waals surface area contributed by atoms with Crippen LogP contribution >= 0.6 is 12.6 Å². The fourth-order valence-electron chi connectivity index (χ4n) is 1.80. The minimum Gasteiger partial charge on any atom is -0.481 e. The van der Waals surface area contributed by atoms with Gasteiger partial charge < -0.3 is 31.9 Å². The van der Waals surface area contributed by atoms with Gasteiger partial charge in [0.15, 0.2) is 0 Å². The predicted molar refractivity (Wildman–Crippen MR) is 98.0 cm³/mol. The first-order chi connectivity index (χ1) is 12.4. The number of carbonyl (C=O) groups is 5. The Hall–Kier alpha value is -2.34. The van der Waals surface area contributed by atoms with Crippen LogP contribution in [-0.4, -0.2) is 69.8 Å². The zero-order valence-electron chi connectivity index (χ0n) is 15.3. The number of nitrogens with one attached hydrogen (secondary N) is 3. The van der Waals surface area contributed by atoms with E-state index >= 15 is 0 Å². The molecule has 0 fully saturated rings. The number of thiol groups is 1. The fourth-order valence-corrected chi connectivity index (χ4v) is 2.05. The number of carboxylic acids is 2. The van der Waals surface area contributed by atoms with E-state index in [0.29, 0.717) is 0 Å². The molecule has 4 unspecified atom stereocenters. The van der Waals surface area contributed by atoms with Crippen molar-refractivity contribution in [2.45, 2.75) is 51.4 Å². The predicted octanol–water partition coefficient (Wildman–Crippen LogP) is -2.07. The highest BCUT2D eigenvalue weighted by Gasteiger charge is 2.30. The van der Waals surface area contributed by atoms with Crippen molar-refractivity contribution in [3.8, 4) is 0 Å². The molecule has 0 heterocycles. The van der Waals surface area contributed by atoms with Crippen molar-refractivity contribution in [1.82, 2.24) is 16.0 Å². The van der Waals surface area contributed by atoms with E-state index < -0.39 is 60.2 Å². The lowest BCUT2D eigenvalue weighted by Crippen LogP contribution is -2.58.